The number of carbonyl (C=O) groups is 1. The average molecular weight is 319 g/mol. The summed E-state index contributed by atoms with van der Waals surface area (Å²) in [5.41, 5.74) is 1.12. The summed E-state index contributed by atoms with van der Waals surface area (Å²) in [6.07, 6.45) is 3.59. The molecule has 1 amide bonds. The number of benzene rings is 1. The van der Waals surface area contributed by atoms with E-state index in [9.17, 15) is 4.79 Å². The molecule has 0 aliphatic carbocycles. The molecule has 2 heterocycles. The van der Waals surface area contributed by atoms with Crippen LogP contribution in [0.25, 0.3) is 0 Å². The molecular formula is C18H25NO4. The molecular weight excluding hydrogens is 294 g/mol. The van der Waals surface area contributed by atoms with Crippen LogP contribution < -0.4 is 4.74 Å². The molecule has 2 aliphatic rings. The normalized spacial score (nSPS) is 21.8. The largest absolute Gasteiger partial charge is 0.486 e. The molecule has 5 nitrogen and oxygen atoms in total. The van der Waals surface area contributed by atoms with Gasteiger partial charge in [0.2, 0.25) is 5.91 Å². The zero-order chi connectivity index (χ0) is 16.1. The Bertz CT molecular complexity index is 522. The van der Waals surface area contributed by atoms with Gasteiger partial charge in [0.25, 0.3) is 0 Å². The molecule has 0 radical (unpaired) electrons. The predicted molar refractivity (Wildman–Crippen MR) is 86.6 cm³/mol. The van der Waals surface area contributed by atoms with Crippen LogP contribution >= 0.6 is 0 Å². The second-order valence-corrected chi connectivity index (χ2v) is 6.31. The number of hydrogen-bond donors (Lipinski definition) is 0. The first-order chi connectivity index (χ1) is 11.2. The maximum atomic E-state index is 12.0. The van der Waals surface area contributed by atoms with Crippen molar-refractivity contribution in [1.29, 1.82) is 0 Å². The van der Waals surface area contributed by atoms with Crippen molar-refractivity contribution in [2.75, 3.05) is 32.9 Å². The van der Waals surface area contributed by atoms with E-state index in [0.717, 1.165) is 30.8 Å². The number of hydrogen-bond acceptors (Lipinski definition) is 4. The molecule has 2 saturated heterocycles. The molecule has 0 saturated carbocycles. The third-order valence-electron chi connectivity index (χ3n) is 4.39. The Balaban J connectivity index is 1.32. The molecule has 0 aromatic heterocycles. The van der Waals surface area contributed by atoms with Crippen molar-refractivity contribution in [3.8, 4) is 5.75 Å². The molecule has 1 aromatic carbocycles. The van der Waals surface area contributed by atoms with E-state index in [-0.39, 0.29) is 24.7 Å². The van der Waals surface area contributed by atoms with Crippen LogP contribution in [0.4, 0.5) is 0 Å². The molecule has 2 aliphatic heterocycles. The molecule has 5 heteroatoms. The van der Waals surface area contributed by atoms with Crippen molar-refractivity contribution in [1.82, 2.24) is 4.90 Å². The third kappa shape index (κ3) is 4.45. The van der Waals surface area contributed by atoms with E-state index in [1.54, 1.807) is 4.90 Å². The number of carbonyl (C=O) groups excluding carboxylic acids is 1. The number of rotatable bonds is 6. The van der Waals surface area contributed by atoms with Crippen molar-refractivity contribution in [2.45, 2.75) is 38.4 Å². The van der Waals surface area contributed by atoms with Gasteiger partial charge in [-0.3, -0.25) is 4.79 Å². The van der Waals surface area contributed by atoms with Crippen molar-refractivity contribution in [3.05, 3.63) is 29.8 Å². The van der Waals surface area contributed by atoms with Gasteiger partial charge in [-0.15, -0.1) is 0 Å². The summed E-state index contributed by atoms with van der Waals surface area (Å²) in [4.78, 5) is 13.8. The lowest BCUT2D eigenvalue weighted by atomic mass is 10.1. The lowest BCUT2D eigenvalue weighted by Crippen LogP contribution is -2.57. The first-order valence-corrected chi connectivity index (χ1v) is 8.42. The Morgan fingerprint density at radius 2 is 2.13 bits per heavy atom. The van der Waals surface area contributed by atoms with E-state index in [4.69, 9.17) is 14.2 Å². The Kier molecular flexibility index (Phi) is 5.51. The standard InChI is InChI=1S/C18H25NO4/c1-14-6-2-3-8-17(14)23-16-10-19(11-16)18(20)13-21-12-15-7-4-5-9-22-15/h2-3,6,8,15-16H,4-5,7,9-13H2,1H3/t15-/m0/s1. The van der Waals surface area contributed by atoms with Crippen molar-refractivity contribution < 1.29 is 19.0 Å². The summed E-state index contributed by atoms with van der Waals surface area (Å²) in [6, 6.07) is 7.95. The molecule has 0 bridgehead atoms. The van der Waals surface area contributed by atoms with Gasteiger partial charge in [0.05, 0.1) is 25.8 Å². The molecule has 1 aromatic rings. The Morgan fingerprint density at radius 3 is 2.87 bits per heavy atom. The average Bonchev–Trinajstić information content (AvgIpc) is 2.53. The number of likely N-dealkylation sites (tertiary alicyclic amines) is 1. The van der Waals surface area contributed by atoms with Crippen molar-refractivity contribution in [3.63, 3.8) is 0 Å². The second-order valence-electron chi connectivity index (χ2n) is 6.31. The maximum Gasteiger partial charge on any atom is 0.248 e. The van der Waals surface area contributed by atoms with Crippen LogP contribution in [-0.4, -0.2) is 55.9 Å². The van der Waals surface area contributed by atoms with Crippen molar-refractivity contribution >= 4 is 5.91 Å². The van der Waals surface area contributed by atoms with E-state index >= 15 is 0 Å². The highest BCUT2D eigenvalue weighted by Crippen LogP contribution is 2.21. The lowest BCUT2D eigenvalue weighted by molar-refractivity contribution is -0.146. The minimum absolute atomic E-state index is 0.0328. The molecule has 0 spiro atoms. The number of para-hydroxylation sites is 1. The fourth-order valence-corrected chi connectivity index (χ4v) is 2.89. The van der Waals surface area contributed by atoms with Crippen molar-refractivity contribution in [2.24, 2.45) is 0 Å². The van der Waals surface area contributed by atoms with Crippen LogP contribution in [0.3, 0.4) is 0 Å². The SMILES string of the molecule is Cc1ccccc1OC1CN(C(=O)COC[C@@H]2CCCCO2)C1. The zero-order valence-electron chi connectivity index (χ0n) is 13.7. The summed E-state index contributed by atoms with van der Waals surface area (Å²) in [7, 11) is 0. The molecule has 126 valence electrons. The lowest BCUT2D eigenvalue weighted by Gasteiger charge is -2.39. The molecule has 1 atom stereocenters. The first-order valence-electron chi connectivity index (χ1n) is 8.42. The monoisotopic (exact) mass is 319 g/mol. The van der Waals surface area contributed by atoms with Crippen LogP contribution in [0.15, 0.2) is 24.3 Å². The minimum atomic E-state index is 0.0328. The van der Waals surface area contributed by atoms with E-state index in [1.165, 1.54) is 6.42 Å². The topological polar surface area (TPSA) is 48.0 Å². The summed E-state index contributed by atoms with van der Waals surface area (Å²) in [6.45, 7) is 4.76. The van der Waals surface area contributed by atoms with E-state index in [1.807, 2.05) is 31.2 Å². The highest BCUT2D eigenvalue weighted by molar-refractivity contribution is 5.78. The highest BCUT2D eigenvalue weighted by Gasteiger charge is 2.32. The van der Waals surface area contributed by atoms with Crippen LogP contribution in [0.1, 0.15) is 24.8 Å². The maximum absolute atomic E-state index is 12.0. The summed E-state index contributed by atoms with van der Waals surface area (Å²) >= 11 is 0. The van der Waals surface area contributed by atoms with Gasteiger partial charge >= 0.3 is 0 Å². The van der Waals surface area contributed by atoms with Crippen LogP contribution in [-0.2, 0) is 14.3 Å². The van der Waals surface area contributed by atoms with Gasteiger partial charge in [-0.05, 0) is 37.8 Å². The van der Waals surface area contributed by atoms with Gasteiger partial charge in [0, 0.05) is 6.61 Å². The van der Waals surface area contributed by atoms with E-state index in [0.29, 0.717) is 19.7 Å². The number of nitrogens with zero attached hydrogens (tertiary/aromatic N) is 1. The summed E-state index contributed by atoms with van der Waals surface area (Å²) < 4.78 is 17.0. The quantitative estimate of drug-likeness (QED) is 0.806. The van der Waals surface area contributed by atoms with Gasteiger partial charge in [0.1, 0.15) is 18.5 Å². The van der Waals surface area contributed by atoms with E-state index < -0.39 is 0 Å². The Hall–Kier alpha value is -1.59. The van der Waals surface area contributed by atoms with Crippen LogP contribution in [0.2, 0.25) is 0 Å². The summed E-state index contributed by atoms with van der Waals surface area (Å²) in [5, 5.41) is 0. The fourth-order valence-electron chi connectivity index (χ4n) is 2.89. The van der Waals surface area contributed by atoms with Gasteiger partial charge in [-0.1, -0.05) is 18.2 Å². The van der Waals surface area contributed by atoms with Gasteiger partial charge in [-0.25, -0.2) is 0 Å². The third-order valence-corrected chi connectivity index (χ3v) is 4.39. The first kappa shape index (κ1) is 16.3. The Labute approximate surface area is 137 Å². The molecule has 0 N–H and O–H groups in total. The second kappa shape index (κ2) is 7.79. The number of aryl methyl sites for hydroxylation is 1. The smallest absolute Gasteiger partial charge is 0.248 e. The molecule has 23 heavy (non-hydrogen) atoms. The van der Waals surface area contributed by atoms with E-state index in [2.05, 4.69) is 0 Å². The van der Waals surface area contributed by atoms with Crippen LogP contribution in [0.5, 0.6) is 5.75 Å². The highest BCUT2D eigenvalue weighted by atomic mass is 16.5. The number of ether oxygens (including phenoxy) is 3. The summed E-state index contributed by atoms with van der Waals surface area (Å²) in [5.74, 6) is 0.931. The van der Waals surface area contributed by atoms with Gasteiger partial charge in [0.15, 0.2) is 0 Å². The van der Waals surface area contributed by atoms with Gasteiger partial charge in [-0.2, -0.15) is 0 Å². The Morgan fingerprint density at radius 1 is 1.30 bits per heavy atom. The molecule has 0 unspecified atom stereocenters. The minimum Gasteiger partial charge on any atom is -0.486 e. The molecule has 3 rings (SSSR count). The molecule has 2 fully saturated rings. The predicted octanol–water partition coefficient (Wildman–Crippen LogP) is 2.17. The number of amides is 1. The van der Waals surface area contributed by atoms with Gasteiger partial charge < -0.3 is 19.1 Å². The zero-order valence-corrected chi connectivity index (χ0v) is 13.7. The van der Waals surface area contributed by atoms with Crippen LogP contribution in [0, 0.1) is 6.92 Å². The fraction of sp³-hybridized carbons (Fsp3) is 0.611.